The lowest BCUT2D eigenvalue weighted by atomic mass is 9.77. The molecule has 0 aliphatic carbocycles. The first kappa shape index (κ1) is 16.8. The molecule has 2 aliphatic heterocycles. The van der Waals surface area contributed by atoms with E-state index >= 15 is 0 Å². The smallest absolute Gasteiger partial charge is 0.274 e. The van der Waals surface area contributed by atoms with Crippen molar-refractivity contribution in [3.63, 3.8) is 0 Å². The van der Waals surface area contributed by atoms with Gasteiger partial charge in [0.05, 0.1) is 13.2 Å². The van der Waals surface area contributed by atoms with Crippen molar-refractivity contribution in [1.29, 1.82) is 0 Å². The van der Waals surface area contributed by atoms with Gasteiger partial charge in [0.25, 0.3) is 5.56 Å². The molecule has 5 rings (SSSR count). The first-order valence-corrected chi connectivity index (χ1v) is 9.70. The highest BCUT2D eigenvalue weighted by Gasteiger charge is 2.41. The number of aryl methyl sites for hydroxylation is 1. The molecule has 0 radical (unpaired) electrons. The Morgan fingerprint density at radius 2 is 1.89 bits per heavy atom. The molecule has 2 saturated heterocycles. The Morgan fingerprint density at radius 3 is 2.63 bits per heavy atom. The van der Waals surface area contributed by atoms with Crippen LogP contribution >= 0.6 is 0 Å². The predicted octanol–water partition coefficient (Wildman–Crippen LogP) is 3.15. The molecule has 27 heavy (non-hydrogen) atoms. The number of aromatic amines is 1. The van der Waals surface area contributed by atoms with Gasteiger partial charge in [-0.1, -0.05) is 24.3 Å². The van der Waals surface area contributed by atoms with Gasteiger partial charge in [-0.3, -0.25) is 9.69 Å². The molecule has 0 saturated carbocycles. The van der Waals surface area contributed by atoms with Crippen molar-refractivity contribution in [2.45, 2.75) is 19.4 Å². The number of hydrogen-bond donors (Lipinski definition) is 1. The van der Waals surface area contributed by atoms with Gasteiger partial charge in [-0.2, -0.15) is 0 Å². The van der Waals surface area contributed by atoms with Crippen LogP contribution in [0.2, 0.25) is 0 Å². The molecular weight excluding hydrogens is 338 g/mol. The Kier molecular flexibility index (Phi) is 3.95. The van der Waals surface area contributed by atoms with Crippen LogP contribution in [0.1, 0.15) is 18.4 Å². The topological polar surface area (TPSA) is 50.3 Å². The van der Waals surface area contributed by atoms with Crippen molar-refractivity contribution in [2.75, 3.05) is 26.3 Å². The normalized spacial score (nSPS) is 19.4. The lowest BCUT2D eigenvalue weighted by Gasteiger charge is -2.47. The lowest BCUT2D eigenvalue weighted by molar-refractivity contribution is -0.140. The maximum atomic E-state index is 12.4. The molecule has 2 fully saturated rings. The van der Waals surface area contributed by atoms with Crippen molar-refractivity contribution in [1.82, 2.24) is 14.5 Å². The highest BCUT2D eigenvalue weighted by molar-refractivity contribution is 5.95. The van der Waals surface area contributed by atoms with Gasteiger partial charge in [-0.15, -0.1) is 0 Å². The Labute approximate surface area is 158 Å². The van der Waals surface area contributed by atoms with Crippen LogP contribution in [0.4, 0.5) is 0 Å². The summed E-state index contributed by atoms with van der Waals surface area (Å²) in [5.41, 5.74) is 4.80. The molecule has 4 heterocycles. The quantitative estimate of drug-likeness (QED) is 0.778. The summed E-state index contributed by atoms with van der Waals surface area (Å²) in [6.45, 7) is 5.10. The first-order valence-electron chi connectivity index (χ1n) is 9.70. The van der Waals surface area contributed by atoms with Crippen molar-refractivity contribution in [2.24, 2.45) is 12.5 Å². The van der Waals surface area contributed by atoms with E-state index in [9.17, 15) is 4.79 Å². The van der Waals surface area contributed by atoms with E-state index < -0.39 is 0 Å². The summed E-state index contributed by atoms with van der Waals surface area (Å²) >= 11 is 0. The monoisotopic (exact) mass is 363 g/mol. The molecule has 2 aromatic heterocycles. The third-order valence-corrected chi connectivity index (χ3v) is 6.35. The molecule has 0 atom stereocenters. The van der Waals surface area contributed by atoms with Crippen LogP contribution < -0.4 is 5.56 Å². The van der Waals surface area contributed by atoms with Gasteiger partial charge in [-0.05, 0) is 43.1 Å². The number of fused-ring (bicyclic) bond motifs is 1. The zero-order chi connectivity index (χ0) is 18.4. The highest BCUT2D eigenvalue weighted by Crippen LogP contribution is 2.39. The van der Waals surface area contributed by atoms with Gasteiger partial charge in [-0.25, -0.2) is 0 Å². The Bertz CT molecular complexity index is 1040. The maximum Gasteiger partial charge on any atom is 0.274 e. The van der Waals surface area contributed by atoms with E-state index in [2.05, 4.69) is 34.1 Å². The number of rotatable bonds is 3. The number of aromatic nitrogens is 2. The largest absolute Gasteiger partial charge is 0.380 e. The van der Waals surface area contributed by atoms with Crippen LogP contribution in [-0.4, -0.2) is 40.8 Å². The Morgan fingerprint density at radius 1 is 1.11 bits per heavy atom. The van der Waals surface area contributed by atoms with E-state index in [-0.39, 0.29) is 5.56 Å². The minimum absolute atomic E-state index is 0.0141. The number of nitrogens with zero attached hydrogens (tertiary/aromatic N) is 2. The third-order valence-electron chi connectivity index (χ3n) is 6.35. The van der Waals surface area contributed by atoms with E-state index in [1.54, 1.807) is 11.6 Å². The fourth-order valence-corrected chi connectivity index (χ4v) is 4.46. The fraction of sp³-hybridized carbons (Fsp3) is 0.409. The number of piperidine rings is 1. The summed E-state index contributed by atoms with van der Waals surface area (Å²) in [5, 5.41) is 0.995. The molecule has 0 amide bonds. The highest BCUT2D eigenvalue weighted by atomic mass is 16.5. The number of hydrogen-bond acceptors (Lipinski definition) is 3. The predicted molar refractivity (Wildman–Crippen MR) is 107 cm³/mol. The van der Waals surface area contributed by atoms with Crippen molar-refractivity contribution in [3.8, 4) is 11.1 Å². The second kappa shape index (κ2) is 6.36. The minimum Gasteiger partial charge on any atom is -0.380 e. The second-order valence-electron chi connectivity index (χ2n) is 8.15. The second-order valence-corrected chi connectivity index (χ2v) is 8.15. The zero-order valence-electron chi connectivity index (χ0n) is 15.7. The SMILES string of the molecule is Cn1ccc2c(-c3ccccc3CN3CCC4(CC3)COC4)c[nH]c2c1=O. The molecular formula is C22H25N3O2. The molecule has 1 aromatic carbocycles. The van der Waals surface area contributed by atoms with Crippen LogP contribution in [0, 0.1) is 5.41 Å². The van der Waals surface area contributed by atoms with E-state index in [4.69, 9.17) is 4.74 Å². The van der Waals surface area contributed by atoms with E-state index in [0.29, 0.717) is 10.9 Å². The molecule has 2 aliphatic rings. The summed E-state index contributed by atoms with van der Waals surface area (Å²) in [7, 11) is 1.78. The summed E-state index contributed by atoms with van der Waals surface area (Å²) in [6.07, 6.45) is 6.29. The number of nitrogens with one attached hydrogen (secondary N) is 1. The van der Waals surface area contributed by atoms with Gasteiger partial charge in [0, 0.05) is 42.4 Å². The van der Waals surface area contributed by atoms with E-state index in [1.807, 2.05) is 18.5 Å². The maximum absolute atomic E-state index is 12.4. The van der Waals surface area contributed by atoms with E-state index in [1.165, 1.54) is 24.0 Å². The minimum atomic E-state index is 0.0141. The summed E-state index contributed by atoms with van der Waals surface area (Å²) in [6, 6.07) is 10.6. The van der Waals surface area contributed by atoms with Gasteiger partial charge in [0.2, 0.25) is 0 Å². The number of likely N-dealkylation sites (tertiary alicyclic amines) is 1. The van der Waals surface area contributed by atoms with Crippen LogP contribution in [0.25, 0.3) is 22.0 Å². The average Bonchev–Trinajstić information content (AvgIpc) is 3.09. The van der Waals surface area contributed by atoms with Crippen molar-refractivity contribution >= 4 is 10.9 Å². The Hall–Kier alpha value is -2.37. The average molecular weight is 363 g/mol. The summed E-state index contributed by atoms with van der Waals surface area (Å²) < 4.78 is 7.06. The molecule has 0 bridgehead atoms. The number of ether oxygens (including phenoxy) is 1. The third kappa shape index (κ3) is 2.82. The molecule has 5 nitrogen and oxygen atoms in total. The first-order chi connectivity index (χ1) is 13.2. The molecule has 140 valence electrons. The van der Waals surface area contributed by atoms with Crippen LogP contribution in [0.15, 0.2) is 47.5 Å². The molecule has 5 heteroatoms. The number of pyridine rings is 1. The van der Waals surface area contributed by atoms with Gasteiger partial charge in [0.15, 0.2) is 0 Å². The van der Waals surface area contributed by atoms with Gasteiger partial charge >= 0.3 is 0 Å². The fourth-order valence-electron chi connectivity index (χ4n) is 4.46. The van der Waals surface area contributed by atoms with E-state index in [0.717, 1.165) is 43.8 Å². The standard InChI is InChI=1S/C22H25N3O2/c1-24-9-6-18-19(12-23-20(18)21(24)26)17-5-3-2-4-16(17)13-25-10-7-22(8-11-25)14-27-15-22/h2-6,9,12,23H,7-8,10-11,13-15H2,1H3. The van der Waals surface area contributed by atoms with Crippen LogP contribution in [-0.2, 0) is 18.3 Å². The Balaban J connectivity index is 1.45. The van der Waals surface area contributed by atoms with Crippen LogP contribution in [0.5, 0.6) is 0 Å². The van der Waals surface area contributed by atoms with Crippen LogP contribution in [0.3, 0.4) is 0 Å². The van der Waals surface area contributed by atoms with Gasteiger partial charge < -0.3 is 14.3 Å². The summed E-state index contributed by atoms with van der Waals surface area (Å²) in [4.78, 5) is 18.1. The van der Waals surface area contributed by atoms with Crippen molar-refractivity contribution < 1.29 is 4.74 Å². The number of H-pyrrole nitrogens is 1. The van der Waals surface area contributed by atoms with Crippen molar-refractivity contribution in [3.05, 3.63) is 58.6 Å². The zero-order valence-corrected chi connectivity index (χ0v) is 15.7. The molecule has 3 aromatic rings. The lowest BCUT2D eigenvalue weighted by Crippen LogP contribution is -2.50. The number of benzene rings is 1. The molecule has 1 N–H and O–H groups in total. The summed E-state index contributed by atoms with van der Waals surface area (Å²) in [5.74, 6) is 0. The molecule has 0 unspecified atom stereocenters. The molecule has 1 spiro atoms. The van der Waals surface area contributed by atoms with Gasteiger partial charge in [0.1, 0.15) is 5.52 Å².